The zero-order valence-electron chi connectivity index (χ0n) is 13.8. The number of nitriles is 1. The molecule has 0 aromatic carbocycles. The Labute approximate surface area is 123 Å². The molecule has 114 valence electrons. The van der Waals surface area contributed by atoms with Crippen LogP contribution < -0.4 is 0 Å². The van der Waals surface area contributed by atoms with E-state index in [9.17, 15) is 10.1 Å². The molecule has 20 heavy (non-hydrogen) atoms. The Hall–Kier alpha value is -1.08. The van der Waals surface area contributed by atoms with E-state index in [1.54, 1.807) is 19.0 Å². The van der Waals surface area contributed by atoms with Crippen molar-refractivity contribution in [1.29, 1.82) is 5.26 Å². The van der Waals surface area contributed by atoms with Crippen LogP contribution in [0.2, 0.25) is 0 Å². The smallest absolute Gasteiger partial charge is 0.236 e. The summed E-state index contributed by atoms with van der Waals surface area (Å²) in [5, 5.41) is 9.37. The summed E-state index contributed by atoms with van der Waals surface area (Å²) in [5.74, 6) is 0.768. The van der Waals surface area contributed by atoms with Gasteiger partial charge in [-0.25, -0.2) is 0 Å². The first-order valence-corrected chi connectivity index (χ1v) is 7.46. The van der Waals surface area contributed by atoms with Crippen LogP contribution in [0.1, 0.15) is 40.0 Å². The van der Waals surface area contributed by atoms with Gasteiger partial charge < -0.3 is 4.90 Å². The zero-order valence-corrected chi connectivity index (χ0v) is 13.8. The van der Waals surface area contributed by atoms with Gasteiger partial charge in [0.1, 0.15) is 0 Å². The van der Waals surface area contributed by atoms with Gasteiger partial charge in [0, 0.05) is 20.1 Å². The van der Waals surface area contributed by atoms with E-state index in [1.807, 2.05) is 7.05 Å². The van der Waals surface area contributed by atoms with Crippen molar-refractivity contribution in [3.63, 3.8) is 0 Å². The minimum Gasteiger partial charge on any atom is -0.348 e. The van der Waals surface area contributed by atoms with Crippen molar-refractivity contribution in [3.8, 4) is 6.07 Å². The summed E-state index contributed by atoms with van der Waals surface area (Å²) in [4.78, 5) is 15.6. The van der Waals surface area contributed by atoms with E-state index in [0.29, 0.717) is 12.5 Å². The first-order chi connectivity index (χ1) is 9.16. The lowest BCUT2D eigenvalue weighted by molar-refractivity contribution is -0.130. The number of rotatable bonds is 3. The van der Waals surface area contributed by atoms with Gasteiger partial charge in [0.15, 0.2) is 0 Å². The largest absolute Gasteiger partial charge is 0.348 e. The van der Waals surface area contributed by atoms with Gasteiger partial charge in [-0.1, -0.05) is 20.8 Å². The molecule has 0 spiro atoms. The number of amides is 1. The van der Waals surface area contributed by atoms with Crippen LogP contribution in [0.15, 0.2) is 0 Å². The number of nitrogens with zero attached hydrogens (tertiary/aromatic N) is 3. The number of carbonyl (C=O) groups excluding carboxylic acids is 1. The molecule has 0 bridgehead atoms. The summed E-state index contributed by atoms with van der Waals surface area (Å²) in [7, 11) is 5.52. The van der Waals surface area contributed by atoms with Crippen LogP contribution in [0.5, 0.6) is 0 Å². The van der Waals surface area contributed by atoms with Gasteiger partial charge in [-0.05, 0) is 37.6 Å². The van der Waals surface area contributed by atoms with Crippen molar-refractivity contribution in [2.24, 2.45) is 17.3 Å². The van der Waals surface area contributed by atoms with Gasteiger partial charge in [-0.2, -0.15) is 5.26 Å². The predicted octanol–water partition coefficient (Wildman–Crippen LogP) is 2.36. The lowest BCUT2D eigenvalue weighted by Gasteiger charge is -2.43. The topological polar surface area (TPSA) is 47.3 Å². The molecule has 4 heteroatoms. The van der Waals surface area contributed by atoms with Gasteiger partial charge in [0.05, 0.1) is 18.5 Å². The molecule has 1 saturated carbocycles. The molecule has 4 nitrogen and oxygen atoms in total. The van der Waals surface area contributed by atoms with Crippen molar-refractivity contribution in [1.82, 2.24) is 9.80 Å². The Bertz CT molecular complexity index is 378. The molecule has 0 saturated heterocycles. The van der Waals surface area contributed by atoms with Crippen LogP contribution in [-0.2, 0) is 4.79 Å². The summed E-state index contributed by atoms with van der Waals surface area (Å²) in [6.07, 6.45) is 3.08. The van der Waals surface area contributed by atoms with Crippen LogP contribution in [0.3, 0.4) is 0 Å². The quantitative estimate of drug-likeness (QED) is 0.797. The molecule has 0 radical (unpaired) electrons. The van der Waals surface area contributed by atoms with Crippen molar-refractivity contribution < 1.29 is 4.79 Å². The lowest BCUT2D eigenvalue weighted by Crippen LogP contribution is -2.47. The van der Waals surface area contributed by atoms with Crippen molar-refractivity contribution in [2.45, 2.75) is 46.1 Å². The molecule has 1 amide bonds. The van der Waals surface area contributed by atoms with Gasteiger partial charge >= 0.3 is 0 Å². The van der Waals surface area contributed by atoms with E-state index in [0.717, 1.165) is 19.3 Å². The minimum atomic E-state index is 0.0496. The molecule has 1 fully saturated rings. The maximum absolute atomic E-state index is 11.9. The summed E-state index contributed by atoms with van der Waals surface area (Å²) in [5.41, 5.74) is 0.269. The minimum absolute atomic E-state index is 0.0496. The molecular formula is C16H29N3O. The third kappa shape index (κ3) is 4.21. The monoisotopic (exact) mass is 279 g/mol. The average Bonchev–Trinajstić information content (AvgIpc) is 2.36. The second kappa shape index (κ2) is 6.58. The molecule has 0 heterocycles. The first kappa shape index (κ1) is 17.0. The predicted molar refractivity (Wildman–Crippen MR) is 81.0 cm³/mol. The Morgan fingerprint density at radius 1 is 1.25 bits per heavy atom. The maximum atomic E-state index is 11.9. The Kier molecular flexibility index (Phi) is 5.59. The average molecular weight is 279 g/mol. The molecular weight excluding hydrogens is 250 g/mol. The first-order valence-electron chi connectivity index (χ1n) is 7.46. The summed E-state index contributed by atoms with van der Waals surface area (Å²) in [6, 6.07) is 2.64. The van der Waals surface area contributed by atoms with E-state index in [1.165, 1.54) is 0 Å². The number of likely N-dealkylation sites (N-methyl/N-ethyl adjacent to an activating group) is 2. The van der Waals surface area contributed by atoms with E-state index < -0.39 is 0 Å². The molecule has 3 unspecified atom stereocenters. The summed E-state index contributed by atoms with van der Waals surface area (Å²) >= 11 is 0. The van der Waals surface area contributed by atoms with E-state index in [-0.39, 0.29) is 23.3 Å². The molecule has 0 aromatic heterocycles. The van der Waals surface area contributed by atoms with Gasteiger partial charge in [0.25, 0.3) is 0 Å². The highest BCUT2D eigenvalue weighted by Gasteiger charge is 2.38. The van der Waals surface area contributed by atoms with Gasteiger partial charge in [-0.15, -0.1) is 0 Å². The molecule has 0 aromatic rings. The highest BCUT2D eigenvalue weighted by Crippen LogP contribution is 2.41. The third-order valence-electron chi connectivity index (χ3n) is 4.66. The summed E-state index contributed by atoms with van der Waals surface area (Å²) in [6.45, 7) is 7.21. The van der Waals surface area contributed by atoms with Crippen molar-refractivity contribution in [2.75, 3.05) is 27.7 Å². The Balaban J connectivity index is 2.77. The standard InChI is InChI=1S/C16H29N3O/c1-16(2,3)13-8-7-12(10-17)14(9-13)19(6)11-15(20)18(4)5/h12-14H,7-9,11H2,1-6H3. The van der Waals surface area contributed by atoms with Crippen LogP contribution in [0.4, 0.5) is 0 Å². The summed E-state index contributed by atoms with van der Waals surface area (Å²) < 4.78 is 0. The van der Waals surface area contributed by atoms with Crippen LogP contribution >= 0.6 is 0 Å². The highest BCUT2D eigenvalue weighted by molar-refractivity contribution is 5.77. The van der Waals surface area contributed by atoms with Crippen LogP contribution in [-0.4, -0.2) is 49.4 Å². The Morgan fingerprint density at radius 3 is 2.30 bits per heavy atom. The number of hydrogen-bond acceptors (Lipinski definition) is 3. The van der Waals surface area contributed by atoms with Gasteiger partial charge in [0.2, 0.25) is 5.91 Å². The maximum Gasteiger partial charge on any atom is 0.236 e. The second-order valence-electron chi connectivity index (χ2n) is 7.38. The third-order valence-corrected chi connectivity index (χ3v) is 4.66. The van der Waals surface area contributed by atoms with E-state index in [2.05, 4.69) is 31.7 Å². The Morgan fingerprint density at radius 2 is 1.85 bits per heavy atom. The molecule has 3 atom stereocenters. The number of carbonyl (C=O) groups is 1. The van der Waals surface area contributed by atoms with E-state index >= 15 is 0 Å². The van der Waals surface area contributed by atoms with Crippen LogP contribution in [0.25, 0.3) is 0 Å². The van der Waals surface area contributed by atoms with Crippen molar-refractivity contribution >= 4 is 5.91 Å². The molecule has 1 rings (SSSR count). The molecule has 0 aliphatic heterocycles. The lowest BCUT2D eigenvalue weighted by atomic mass is 9.68. The van der Waals surface area contributed by atoms with Gasteiger partial charge in [-0.3, -0.25) is 9.69 Å². The molecule has 0 N–H and O–H groups in total. The fourth-order valence-corrected chi connectivity index (χ4v) is 3.04. The van der Waals surface area contributed by atoms with Crippen LogP contribution in [0, 0.1) is 28.6 Å². The molecule has 1 aliphatic rings. The fourth-order valence-electron chi connectivity index (χ4n) is 3.04. The second-order valence-corrected chi connectivity index (χ2v) is 7.38. The van der Waals surface area contributed by atoms with Crippen molar-refractivity contribution in [3.05, 3.63) is 0 Å². The zero-order chi connectivity index (χ0) is 15.5. The number of hydrogen-bond donors (Lipinski definition) is 0. The fraction of sp³-hybridized carbons (Fsp3) is 0.875. The SMILES string of the molecule is CN(C)C(=O)CN(C)C1CC(C(C)(C)C)CCC1C#N. The highest BCUT2D eigenvalue weighted by atomic mass is 16.2. The normalized spacial score (nSPS) is 27.2. The molecule has 1 aliphatic carbocycles. The van der Waals surface area contributed by atoms with E-state index in [4.69, 9.17) is 0 Å².